The van der Waals surface area contributed by atoms with Crippen LogP contribution >= 0.6 is 0 Å². The van der Waals surface area contributed by atoms with Crippen LogP contribution in [0.3, 0.4) is 0 Å². The molecule has 2 heterocycles. The Morgan fingerprint density at radius 1 is 1.21 bits per heavy atom. The summed E-state index contributed by atoms with van der Waals surface area (Å²) in [6.07, 6.45) is 4.21. The van der Waals surface area contributed by atoms with Gasteiger partial charge in [-0.2, -0.15) is 0 Å². The highest BCUT2D eigenvalue weighted by Gasteiger charge is 2.25. The summed E-state index contributed by atoms with van der Waals surface area (Å²) in [6, 6.07) is 0. The predicted molar refractivity (Wildman–Crippen MR) is 95.1 cm³/mol. The lowest BCUT2D eigenvalue weighted by molar-refractivity contribution is -0.131. The molecule has 0 radical (unpaired) electrons. The van der Waals surface area contributed by atoms with E-state index in [9.17, 15) is 4.79 Å². The minimum Gasteiger partial charge on any atom is -0.383 e. The Bertz CT molecular complexity index is 363. The first kappa shape index (κ1) is 19.6. The van der Waals surface area contributed by atoms with Crippen molar-refractivity contribution in [3.05, 3.63) is 0 Å². The summed E-state index contributed by atoms with van der Waals surface area (Å²) in [5.41, 5.74) is 0. The molecule has 2 aliphatic rings. The SMILES string of the molecule is COCCNCC(=O)N1CCC(CCN2CC(C)OC(C)C2)CC1. The van der Waals surface area contributed by atoms with E-state index in [-0.39, 0.29) is 5.91 Å². The van der Waals surface area contributed by atoms with Crippen molar-refractivity contribution in [3.63, 3.8) is 0 Å². The Morgan fingerprint density at radius 3 is 2.50 bits per heavy atom. The molecule has 0 saturated carbocycles. The number of rotatable bonds is 8. The fourth-order valence-electron chi connectivity index (χ4n) is 3.78. The van der Waals surface area contributed by atoms with Gasteiger partial charge in [-0.05, 0) is 45.6 Å². The Morgan fingerprint density at radius 2 is 1.88 bits per heavy atom. The molecule has 0 spiro atoms. The summed E-state index contributed by atoms with van der Waals surface area (Å²) >= 11 is 0. The average molecular weight is 341 g/mol. The molecule has 0 aliphatic carbocycles. The molecular weight excluding hydrogens is 306 g/mol. The minimum atomic E-state index is 0.223. The van der Waals surface area contributed by atoms with E-state index < -0.39 is 0 Å². The summed E-state index contributed by atoms with van der Waals surface area (Å²) in [7, 11) is 1.67. The molecule has 24 heavy (non-hydrogen) atoms. The van der Waals surface area contributed by atoms with Gasteiger partial charge < -0.3 is 19.7 Å². The molecule has 2 aliphatic heterocycles. The molecule has 1 amide bonds. The highest BCUT2D eigenvalue weighted by atomic mass is 16.5. The van der Waals surface area contributed by atoms with Crippen LogP contribution in [0.15, 0.2) is 0 Å². The monoisotopic (exact) mass is 341 g/mol. The van der Waals surface area contributed by atoms with E-state index in [0.717, 1.165) is 58.0 Å². The van der Waals surface area contributed by atoms with E-state index in [1.165, 1.54) is 6.42 Å². The largest absolute Gasteiger partial charge is 0.383 e. The first-order valence-corrected chi connectivity index (χ1v) is 9.43. The van der Waals surface area contributed by atoms with Crippen molar-refractivity contribution in [2.75, 3.05) is 59.5 Å². The number of hydrogen-bond acceptors (Lipinski definition) is 5. The smallest absolute Gasteiger partial charge is 0.236 e. The molecular formula is C18H35N3O3. The number of likely N-dealkylation sites (tertiary alicyclic amines) is 1. The van der Waals surface area contributed by atoms with E-state index in [2.05, 4.69) is 24.1 Å². The van der Waals surface area contributed by atoms with Crippen LogP contribution in [0.2, 0.25) is 0 Å². The third-order valence-electron chi connectivity index (χ3n) is 5.08. The van der Waals surface area contributed by atoms with Gasteiger partial charge in [0.1, 0.15) is 0 Å². The maximum Gasteiger partial charge on any atom is 0.236 e. The zero-order valence-electron chi connectivity index (χ0n) is 15.6. The zero-order valence-corrected chi connectivity index (χ0v) is 15.6. The molecule has 2 rings (SSSR count). The Labute approximate surface area is 146 Å². The predicted octanol–water partition coefficient (Wildman–Crippen LogP) is 0.960. The second kappa shape index (κ2) is 10.3. The van der Waals surface area contributed by atoms with E-state index in [0.29, 0.717) is 25.4 Å². The second-order valence-corrected chi connectivity index (χ2v) is 7.30. The van der Waals surface area contributed by atoms with Crippen molar-refractivity contribution in [2.45, 2.75) is 45.3 Å². The molecule has 0 bridgehead atoms. The van der Waals surface area contributed by atoms with Crippen molar-refractivity contribution < 1.29 is 14.3 Å². The minimum absolute atomic E-state index is 0.223. The summed E-state index contributed by atoms with van der Waals surface area (Å²) in [4.78, 5) is 16.7. The van der Waals surface area contributed by atoms with Gasteiger partial charge >= 0.3 is 0 Å². The Hall–Kier alpha value is -0.690. The number of carbonyl (C=O) groups excluding carboxylic acids is 1. The van der Waals surface area contributed by atoms with Crippen molar-refractivity contribution in [3.8, 4) is 0 Å². The van der Waals surface area contributed by atoms with Gasteiger partial charge in [0.15, 0.2) is 0 Å². The third-order valence-corrected chi connectivity index (χ3v) is 5.08. The number of nitrogens with zero attached hydrogens (tertiary/aromatic N) is 2. The number of methoxy groups -OCH3 is 1. The van der Waals surface area contributed by atoms with E-state index in [1.807, 2.05) is 4.90 Å². The topological polar surface area (TPSA) is 54.0 Å². The molecule has 0 aromatic carbocycles. The zero-order chi connectivity index (χ0) is 17.4. The summed E-state index contributed by atoms with van der Waals surface area (Å²) in [5, 5.41) is 3.14. The number of hydrogen-bond donors (Lipinski definition) is 1. The second-order valence-electron chi connectivity index (χ2n) is 7.30. The molecule has 6 nitrogen and oxygen atoms in total. The lowest BCUT2D eigenvalue weighted by atomic mass is 9.93. The first-order chi connectivity index (χ1) is 11.6. The maximum atomic E-state index is 12.1. The van der Waals surface area contributed by atoms with Crippen LogP contribution in [-0.2, 0) is 14.3 Å². The molecule has 2 atom stereocenters. The summed E-state index contributed by atoms with van der Waals surface area (Å²) in [5.74, 6) is 0.976. The van der Waals surface area contributed by atoms with Gasteiger partial charge in [-0.15, -0.1) is 0 Å². The van der Waals surface area contributed by atoms with Crippen LogP contribution < -0.4 is 5.32 Å². The molecule has 2 fully saturated rings. The lowest BCUT2D eigenvalue weighted by Gasteiger charge is -2.37. The highest BCUT2D eigenvalue weighted by molar-refractivity contribution is 5.78. The molecule has 2 unspecified atom stereocenters. The number of ether oxygens (including phenoxy) is 2. The van der Waals surface area contributed by atoms with Gasteiger partial charge in [0.2, 0.25) is 5.91 Å². The lowest BCUT2D eigenvalue weighted by Crippen LogP contribution is -2.46. The first-order valence-electron chi connectivity index (χ1n) is 9.43. The molecule has 140 valence electrons. The van der Waals surface area contributed by atoms with Crippen LogP contribution in [0.4, 0.5) is 0 Å². The highest BCUT2D eigenvalue weighted by Crippen LogP contribution is 2.22. The third kappa shape index (κ3) is 6.67. The van der Waals surface area contributed by atoms with Crippen LogP contribution in [0.5, 0.6) is 0 Å². The molecule has 6 heteroatoms. The fourth-order valence-corrected chi connectivity index (χ4v) is 3.78. The van der Waals surface area contributed by atoms with E-state index >= 15 is 0 Å². The van der Waals surface area contributed by atoms with Crippen LogP contribution in [0.25, 0.3) is 0 Å². The number of nitrogens with one attached hydrogen (secondary N) is 1. The van der Waals surface area contributed by atoms with Crippen LogP contribution in [0.1, 0.15) is 33.1 Å². The van der Waals surface area contributed by atoms with Gasteiger partial charge in [0.25, 0.3) is 0 Å². The number of amides is 1. The van der Waals surface area contributed by atoms with Crippen molar-refractivity contribution in [1.29, 1.82) is 0 Å². The fraction of sp³-hybridized carbons (Fsp3) is 0.944. The van der Waals surface area contributed by atoms with E-state index in [1.54, 1.807) is 7.11 Å². The Kier molecular flexibility index (Phi) is 8.45. The number of morpholine rings is 1. The van der Waals surface area contributed by atoms with Crippen LogP contribution in [-0.4, -0.2) is 87.4 Å². The van der Waals surface area contributed by atoms with Crippen molar-refractivity contribution >= 4 is 5.91 Å². The van der Waals surface area contributed by atoms with Gasteiger partial charge in [-0.3, -0.25) is 9.69 Å². The standard InChI is InChI=1S/C18H35N3O3/c1-15-13-20(14-16(2)24-15)8-4-17-5-9-21(10-6-17)18(22)12-19-7-11-23-3/h15-17,19H,4-14H2,1-3H3. The van der Waals surface area contributed by atoms with Gasteiger partial charge in [-0.1, -0.05) is 0 Å². The Balaban J connectivity index is 1.59. The summed E-state index contributed by atoms with van der Waals surface area (Å²) in [6.45, 7) is 11.2. The normalized spacial score (nSPS) is 26.7. The van der Waals surface area contributed by atoms with Gasteiger partial charge in [-0.25, -0.2) is 0 Å². The average Bonchev–Trinajstić information content (AvgIpc) is 2.56. The van der Waals surface area contributed by atoms with Gasteiger partial charge in [0, 0.05) is 39.8 Å². The maximum absolute atomic E-state index is 12.1. The summed E-state index contributed by atoms with van der Waals surface area (Å²) < 4.78 is 10.8. The quantitative estimate of drug-likeness (QED) is 0.667. The number of carbonyl (C=O) groups is 1. The molecule has 0 aromatic heterocycles. The van der Waals surface area contributed by atoms with E-state index in [4.69, 9.17) is 9.47 Å². The molecule has 2 saturated heterocycles. The van der Waals surface area contributed by atoms with Crippen LogP contribution in [0, 0.1) is 5.92 Å². The molecule has 1 N–H and O–H groups in total. The van der Waals surface area contributed by atoms with Gasteiger partial charge in [0.05, 0.1) is 25.4 Å². The molecule has 0 aromatic rings. The van der Waals surface area contributed by atoms with Crippen molar-refractivity contribution in [1.82, 2.24) is 15.1 Å². The van der Waals surface area contributed by atoms with Crippen molar-refractivity contribution in [2.24, 2.45) is 5.92 Å². The number of piperidine rings is 1.